The number of nitrogens with one attached hydrogen (secondary N) is 1. The molecule has 0 saturated heterocycles. The fourth-order valence-electron chi connectivity index (χ4n) is 2.72. The molecule has 0 aromatic heterocycles. The van der Waals surface area contributed by atoms with Gasteiger partial charge in [0.1, 0.15) is 0 Å². The summed E-state index contributed by atoms with van der Waals surface area (Å²) < 4.78 is 2.38. The molecule has 1 N–H and O–H groups in total. The van der Waals surface area contributed by atoms with Crippen molar-refractivity contribution in [2.24, 2.45) is 0 Å². The lowest BCUT2D eigenvalue weighted by Gasteiger charge is -2.21. The molecule has 3 heteroatoms. The van der Waals surface area contributed by atoms with Crippen molar-refractivity contribution in [2.45, 2.75) is 6.04 Å². The van der Waals surface area contributed by atoms with E-state index in [4.69, 9.17) is 0 Å². The summed E-state index contributed by atoms with van der Waals surface area (Å²) in [6.45, 7) is 0. The Morgan fingerprint density at radius 1 is 0.952 bits per heavy atom. The molecule has 0 aliphatic heterocycles. The lowest BCUT2D eigenvalue weighted by molar-refractivity contribution is 0.693. The van der Waals surface area contributed by atoms with Gasteiger partial charge in [-0.25, -0.2) is 0 Å². The van der Waals surface area contributed by atoms with E-state index in [1.165, 1.54) is 25.5 Å². The van der Waals surface area contributed by atoms with Crippen LogP contribution in [0.5, 0.6) is 0 Å². The monoisotopic (exact) mass is 451 g/mol. The summed E-state index contributed by atoms with van der Waals surface area (Å²) in [6.07, 6.45) is 0. The Balaban J connectivity index is 2.21. The third-order valence-electron chi connectivity index (χ3n) is 3.69. The largest absolute Gasteiger partial charge is 0.309 e. The molecule has 0 aliphatic carbocycles. The Labute approximate surface area is 147 Å². The molecule has 0 amide bonds. The van der Waals surface area contributed by atoms with Gasteiger partial charge in [0.15, 0.2) is 0 Å². The van der Waals surface area contributed by atoms with E-state index in [0.717, 1.165) is 4.47 Å². The van der Waals surface area contributed by atoms with Crippen LogP contribution in [0.4, 0.5) is 0 Å². The molecule has 106 valence electrons. The molecular weight excluding hydrogens is 437 g/mol. The second-order valence-corrected chi connectivity index (χ2v) is 7.03. The number of halogens is 2. The van der Waals surface area contributed by atoms with Gasteiger partial charge in [-0.05, 0) is 69.7 Å². The Hall–Kier alpha value is -0.910. The first kappa shape index (κ1) is 15.0. The van der Waals surface area contributed by atoms with E-state index in [1.807, 2.05) is 7.05 Å². The van der Waals surface area contributed by atoms with E-state index >= 15 is 0 Å². The van der Waals surface area contributed by atoms with E-state index in [-0.39, 0.29) is 6.04 Å². The highest BCUT2D eigenvalue weighted by atomic mass is 127. The number of hydrogen-bond donors (Lipinski definition) is 1. The SMILES string of the molecule is CNC(c1cc(Br)ccc1I)c1cccc2ccccc12. The van der Waals surface area contributed by atoms with Gasteiger partial charge in [-0.15, -0.1) is 0 Å². The minimum absolute atomic E-state index is 0.181. The van der Waals surface area contributed by atoms with Gasteiger partial charge in [-0.2, -0.15) is 0 Å². The van der Waals surface area contributed by atoms with Gasteiger partial charge < -0.3 is 5.32 Å². The summed E-state index contributed by atoms with van der Waals surface area (Å²) in [5.74, 6) is 0. The summed E-state index contributed by atoms with van der Waals surface area (Å²) in [5, 5.41) is 6.05. The van der Waals surface area contributed by atoms with Crippen LogP contribution in [0.3, 0.4) is 0 Å². The van der Waals surface area contributed by atoms with Crippen molar-refractivity contribution in [1.29, 1.82) is 0 Å². The minimum atomic E-state index is 0.181. The molecule has 0 bridgehead atoms. The van der Waals surface area contributed by atoms with Crippen molar-refractivity contribution < 1.29 is 0 Å². The first-order valence-electron chi connectivity index (χ1n) is 6.80. The van der Waals surface area contributed by atoms with Crippen molar-refractivity contribution in [2.75, 3.05) is 7.05 Å². The lowest BCUT2D eigenvalue weighted by Crippen LogP contribution is -2.19. The second-order valence-electron chi connectivity index (χ2n) is 4.96. The van der Waals surface area contributed by atoms with Crippen LogP contribution < -0.4 is 5.32 Å². The molecule has 1 nitrogen and oxygen atoms in total. The molecule has 0 fully saturated rings. The van der Waals surface area contributed by atoms with Gasteiger partial charge in [-0.3, -0.25) is 0 Å². The molecule has 0 spiro atoms. The predicted molar refractivity (Wildman–Crippen MR) is 102 cm³/mol. The normalized spacial score (nSPS) is 12.5. The van der Waals surface area contributed by atoms with E-state index in [0.29, 0.717) is 0 Å². The average molecular weight is 452 g/mol. The predicted octanol–water partition coefficient (Wildman–Crippen LogP) is 5.52. The first-order valence-corrected chi connectivity index (χ1v) is 8.68. The summed E-state index contributed by atoms with van der Waals surface area (Å²) in [7, 11) is 2.02. The summed E-state index contributed by atoms with van der Waals surface area (Å²) in [5.41, 5.74) is 2.61. The van der Waals surface area contributed by atoms with Crippen LogP contribution in [-0.2, 0) is 0 Å². The first-order chi connectivity index (χ1) is 10.2. The molecule has 0 heterocycles. The number of fused-ring (bicyclic) bond motifs is 1. The highest BCUT2D eigenvalue weighted by Gasteiger charge is 2.17. The van der Waals surface area contributed by atoms with Gasteiger partial charge in [0.25, 0.3) is 0 Å². The Morgan fingerprint density at radius 2 is 1.71 bits per heavy atom. The molecule has 1 unspecified atom stereocenters. The van der Waals surface area contributed by atoms with Crippen molar-refractivity contribution in [3.8, 4) is 0 Å². The zero-order valence-electron chi connectivity index (χ0n) is 11.6. The summed E-state index contributed by atoms with van der Waals surface area (Å²) >= 11 is 5.99. The molecule has 3 rings (SSSR count). The van der Waals surface area contributed by atoms with Crippen molar-refractivity contribution >= 4 is 49.3 Å². The minimum Gasteiger partial charge on any atom is -0.309 e. The lowest BCUT2D eigenvalue weighted by atomic mass is 9.94. The number of hydrogen-bond acceptors (Lipinski definition) is 1. The summed E-state index contributed by atoms with van der Waals surface area (Å²) in [6, 6.07) is 21.7. The van der Waals surface area contributed by atoms with Gasteiger partial charge in [-0.1, -0.05) is 58.4 Å². The molecule has 0 aliphatic rings. The topological polar surface area (TPSA) is 12.0 Å². The van der Waals surface area contributed by atoms with Gasteiger partial charge in [0.2, 0.25) is 0 Å². The molecule has 21 heavy (non-hydrogen) atoms. The summed E-state index contributed by atoms with van der Waals surface area (Å²) in [4.78, 5) is 0. The van der Waals surface area contributed by atoms with Crippen LogP contribution in [0.15, 0.2) is 65.1 Å². The number of rotatable bonds is 3. The van der Waals surface area contributed by atoms with E-state index in [9.17, 15) is 0 Å². The van der Waals surface area contributed by atoms with E-state index in [2.05, 4.69) is 105 Å². The third-order valence-corrected chi connectivity index (χ3v) is 5.17. The highest BCUT2D eigenvalue weighted by Crippen LogP contribution is 2.32. The molecule has 3 aromatic carbocycles. The van der Waals surface area contributed by atoms with Gasteiger partial charge >= 0.3 is 0 Å². The molecule has 0 radical (unpaired) electrons. The second kappa shape index (κ2) is 6.46. The fourth-order valence-corrected chi connectivity index (χ4v) is 3.74. The van der Waals surface area contributed by atoms with E-state index in [1.54, 1.807) is 0 Å². The quantitative estimate of drug-likeness (QED) is 0.517. The Bertz CT molecular complexity index is 780. The van der Waals surface area contributed by atoms with Crippen molar-refractivity contribution in [1.82, 2.24) is 5.32 Å². The van der Waals surface area contributed by atoms with Crippen LogP contribution in [0.1, 0.15) is 17.2 Å². The molecule has 0 saturated carbocycles. The third kappa shape index (κ3) is 3.00. The average Bonchev–Trinajstić information content (AvgIpc) is 2.51. The smallest absolute Gasteiger partial charge is 0.0591 e. The van der Waals surface area contributed by atoms with Crippen LogP contribution in [0.2, 0.25) is 0 Å². The molecule has 3 aromatic rings. The van der Waals surface area contributed by atoms with E-state index < -0.39 is 0 Å². The van der Waals surface area contributed by atoms with Crippen molar-refractivity contribution in [3.05, 3.63) is 79.8 Å². The highest BCUT2D eigenvalue weighted by molar-refractivity contribution is 14.1. The van der Waals surface area contributed by atoms with Crippen LogP contribution in [0, 0.1) is 3.57 Å². The molecular formula is C18H15BrIN. The van der Waals surface area contributed by atoms with Crippen LogP contribution in [0.25, 0.3) is 10.8 Å². The maximum Gasteiger partial charge on any atom is 0.0591 e. The maximum absolute atomic E-state index is 3.58. The maximum atomic E-state index is 3.58. The zero-order valence-corrected chi connectivity index (χ0v) is 15.4. The zero-order chi connectivity index (χ0) is 14.8. The Kier molecular flexibility index (Phi) is 4.62. The van der Waals surface area contributed by atoms with Gasteiger partial charge in [0, 0.05) is 8.04 Å². The standard InChI is InChI=1S/C18H15BrIN/c1-21-18(16-11-13(19)9-10-17(16)20)15-8-4-6-12-5-2-3-7-14(12)15/h2-11,18,21H,1H3. The number of benzene rings is 3. The van der Waals surface area contributed by atoms with Crippen molar-refractivity contribution in [3.63, 3.8) is 0 Å². The molecule has 1 atom stereocenters. The van der Waals surface area contributed by atoms with Crippen LogP contribution >= 0.6 is 38.5 Å². The van der Waals surface area contributed by atoms with Gasteiger partial charge in [0.05, 0.1) is 6.04 Å². The van der Waals surface area contributed by atoms with Crippen LogP contribution in [-0.4, -0.2) is 7.05 Å². The Morgan fingerprint density at radius 3 is 2.52 bits per heavy atom. The fraction of sp³-hybridized carbons (Fsp3) is 0.111.